The third-order valence-electron chi connectivity index (χ3n) is 5.90. The molecule has 0 atom stereocenters. The van der Waals surface area contributed by atoms with E-state index in [1.54, 1.807) is 0 Å². The van der Waals surface area contributed by atoms with E-state index in [0.29, 0.717) is 19.6 Å². The Balaban J connectivity index is 1.51. The van der Waals surface area contributed by atoms with Crippen LogP contribution in [0.1, 0.15) is 23.4 Å². The number of hydrogen-bond acceptors (Lipinski definition) is 6. The van der Waals surface area contributed by atoms with Crippen molar-refractivity contribution in [3.63, 3.8) is 0 Å². The average molecular weight is 422 g/mol. The molecule has 1 aliphatic heterocycles. The second-order valence-electron chi connectivity index (χ2n) is 8.72. The number of nitrogens with one attached hydrogen (secondary N) is 1. The molecule has 1 fully saturated rings. The summed E-state index contributed by atoms with van der Waals surface area (Å²) in [4.78, 5) is 16.7. The van der Waals surface area contributed by atoms with E-state index in [2.05, 4.69) is 63.4 Å². The van der Waals surface area contributed by atoms with Gasteiger partial charge in [0.15, 0.2) is 5.82 Å². The van der Waals surface area contributed by atoms with E-state index in [4.69, 9.17) is 5.10 Å². The van der Waals surface area contributed by atoms with Gasteiger partial charge in [0, 0.05) is 19.6 Å². The van der Waals surface area contributed by atoms with Crippen LogP contribution in [0.5, 0.6) is 0 Å². The fraction of sp³-hybridized carbons (Fsp3) is 0.478. The highest BCUT2D eigenvalue weighted by molar-refractivity contribution is 5.93. The first kappa shape index (κ1) is 21.2. The molecule has 3 aromatic rings. The summed E-state index contributed by atoms with van der Waals surface area (Å²) >= 11 is 0. The predicted molar refractivity (Wildman–Crippen MR) is 123 cm³/mol. The summed E-state index contributed by atoms with van der Waals surface area (Å²) < 4.78 is 1.96. The molecule has 8 heteroatoms. The predicted octanol–water partition coefficient (Wildman–Crippen LogP) is 2.24. The Kier molecular flexibility index (Phi) is 5.91. The molecular weight excluding hydrogens is 390 g/mol. The zero-order chi connectivity index (χ0) is 22.1. The number of hydrogen-bond donors (Lipinski definition) is 1. The van der Waals surface area contributed by atoms with Gasteiger partial charge in [0.2, 0.25) is 5.91 Å². The highest BCUT2D eigenvalue weighted by atomic mass is 16.2. The number of amides is 1. The van der Waals surface area contributed by atoms with Crippen LogP contribution in [-0.4, -0.2) is 71.1 Å². The lowest BCUT2D eigenvalue weighted by Gasteiger charge is -2.38. The van der Waals surface area contributed by atoms with Crippen molar-refractivity contribution in [1.29, 1.82) is 0 Å². The highest BCUT2D eigenvalue weighted by Gasteiger charge is 2.35. The van der Waals surface area contributed by atoms with E-state index in [-0.39, 0.29) is 11.8 Å². The number of rotatable bonds is 7. The number of carbonyl (C=O) groups excluding carboxylic acids is 1. The third kappa shape index (κ3) is 4.25. The van der Waals surface area contributed by atoms with Gasteiger partial charge in [-0.05, 0) is 60.0 Å². The summed E-state index contributed by atoms with van der Waals surface area (Å²) in [6.07, 6.45) is 0.953. The molecular formula is C23H31N7O. The molecule has 8 nitrogen and oxygen atoms in total. The zero-order valence-corrected chi connectivity index (χ0v) is 19.0. The number of anilines is 1. The van der Waals surface area contributed by atoms with E-state index in [0.717, 1.165) is 46.8 Å². The average Bonchev–Trinajstić information content (AvgIpc) is 3.04. The Bertz CT molecular complexity index is 1080. The standard InChI is InChI=1S/C23H31N7O/c1-15-7-9-19(10-8-15)30-17(3)20-16(2)25-26-22(21(20)27-30)29-13-18(14-29)23(31)24-11-6-12-28(4)5/h7-10,18H,6,11-14H2,1-5H3,(H,24,31). The molecule has 1 saturated heterocycles. The molecule has 2 aromatic heterocycles. The van der Waals surface area contributed by atoms with Crippen LogP contribution >= 0.6 is 0 Å². The SMILES string of the molecule is Cc1ccc(-n2nc3c(N4CC(C(=O)NCCCN(C)C)C4)nnc(C)c3c2C)cc1. The molecule has 0 radical (unpaired) electrons. The van der Waals surface area contributed by atoms with Crippen LogP contribution in [0, 0.1) is 26.7 Å². The number of fused-ring (bicyclic) bond motifs is 1. The van der Waals surface area contributed by atoms with Crippen LogP contribution < -0.4 is 10.2 Å². The Labute approximate surface area is 183 Å². The molecule has 0 saturated carbocycles. The van der Waals surface area contributed by atoms with E-state index < -0.39 is 0 Å². The fourth-order valence-corrected chi connectivity index (χ4v) is 4.03. The van der Waals surface area contributed by atoms with E-state index >= 15 is 0 Å². The maximum atomic E-state index is 12.4. The lowest BCUT2D eigenvalue weighted by molar-refractivity contribution is -0.125. The summed E-state index contributed by atoms with van der Waals surface area (Å²) in [7, 11) is 4.08. The van der Waals surface area contributed by atoms with Gasteiger partial charge in [-0.2, -0.15) is 10.2 Å². The zero-order valence-electron chi connectivity index (χ0n) is 19.0. The quantitative estimate of drug-likeness (QED) is 0.590. The minimum atomic E-state index is -0.0159. The maximum Gasteiger partial charge on any atom is 0.226 e. The van der Waals surface area contributed by atoms with Gasteiger partial charge in [-0.25, -0.2) is 4.68 Å². The smallest absolute Gasteiger partial charge is 0.226 e. The summed E-state index contributed by atoms with van der Waals surface area (Å²) in [5.41, 5.74) is 4.98. The summed E-state index contributed by atoms with van der Waals surface area (Å²) in [6, 6.07) is 8.32. The molecule has 0 unspecified atom stereocenters. The molecule has 4 rings (SSSR count). The summed E-state index contributed by atoms with van der Waals surface area (Å²) in [6.45, 7) is 9.07. The van der Waals surface area contributed by atoms with Crippen molar-refractivity contribution < 1.29 is 4.79 Å². The number of aromatic nitrogens is 4. The van der Waals surface area contributed by atoms with Crippen molar-refractivity contribution in [2.75, 3.05) is 45.2 Å². The van der Waals surface area contributed by atoms with Crippen molar-refractivity contribution in [1.82, 2.24) is 30.2 Å². The topological polar surface area (TPSA) is 79.2 Å². The first-order chi connectivity index (χ1) is 14.8. The molecule has 31 heavy (non-hydrogen) atoms. The Hall–Kier alpha value is -3.00. The molecule has 0 aliphatic carbocycles. The van der Waals surface area contributed by atoms with Crippen molar-refractivity contribution in [2.45, 2.75) is 27.2 Å². The molecule has 1 aromatic carbocycles. The Morgan fingerprint density at radius 2 is 1.84 bits per heavy atom. The second kappa shape index (κ2) is 8.63. The van der Waals surface area contributed by atoms with Gasteiger partial charge in [0.1, 0.15) is 5.52 Å². The summed E-state index contributed by atoms with van der Waals surface area (Å²) in [5.74, 6) is 0.858. The monoisotopic (exact) mass is 421 g/mol. The fourth-order valence-electron chi connectivity index (χ4n) is 4.03. The van der Waals surface area contributed by atoms with Crippen molar-refractivity contribution in [3.05, 3.63) is 41.2 Å². The number of aryl methyl sites for hydroxylation is 3. The lowest BCUT2D eigenvalue weighted by Crippen LogP contribution is -2.54. The van der Waals surface area contributed by atoms with Gasteiger partial charge in [0.05, 0.1) is 28.4 Å². The van der Waals surface area contributed by atoms with Crippen LogP contribution in [0.3, 0.4) is 0 Å². The molecule has 3 heterocycles. The van der Waals surface area contributed by atoms with Crippen LogP contribution in [0.4, 0.5) is 5.82 Å². The second-order valence-corrected chi connectivity index (χ2v) is 8.72. The van der Waals surface area contributed by atoms with Gasteiger partial charge in [-0.15, -0.1) is 5.10 Å². The Morgan fingerprint density at radius 3 is 2.52 bits per heavy atom. The highest BCUT2D eigenvalue weighted by Crippen LogP contribution is 2.32. The first-order valence-electron chi connectivity index (χ1n) is 10.8. The molecule has 1 aliphatic rings. The van der Waals surface area contributed by atoms with E-state index in [9.17, 15) is 4.79 Å². The van der Waals surface area contributed by atoms with Gasteiger partial charge in [-0.3, -0.25) is 4.79 Å². The van der Waals surface area contributed by atoms with E-state index in [1.807, 2.05) is 25.7 Å². The largest absolute Gasteiger partial charge is 0.356 e. The first-order valence-corrected chi connectivity index (χ1v) is 10.8. The minimum Gasteiger partial charge on any atom is -0.356 e. The number of benzene rings is 1. The van der Waals surface area contributed by atoms with Crippen molar-refractivity contribution in [2.24, 2.45) is 5.92 Å². The lowest BCUT2D eigenvalue weighted by atomic mass is 9.99. The van der Waals surface area contributed by atoms with Crippen LogP contribution in [0.25, 0.3) is 16.6 Å². The van der Waals surface area contributed by atoms with Gasteiger partial charge >= 0.3 is 0 Å². The molecule has 0 bridgehead atoms. The molecule has 1 N–H and O–H groups in total. The number of carbonyl (C=O) groups is 1. The minimum absolute atomic E-state index is 0.0159. The van der Waals surface area contributed by atoms with Gasteiger partial charge in [0.25, 0.3) is 0 Å². The summed E-state index contributed by atoms with van der Waals surface area (Å²) in [5, 5.41) is 17.8. The Morgan fingerprint density at radius 1 is 1.13 bits per heavy atom. The van der Waals surface area contributed by atoms with Crippen molar-refractivity contribution in [3.8, 4) is 5.69 Å². The molecule has 0 spiro atoms. The maximum absolute atomic E-state index is 12.4. The van der Waals surface area contributed by atoms with Crippen LogP contribution in [0.2, 0.25) is 0 Å². The van der Waals surface area contributed by atoms with Crippen LogP contribution in [0.15, 0.2) is 24.3 Å². The van der Waals surface area contributed by atoms with Crippen LogP contribution in [-0.2, 0) is 4.79 Å². The van der Waals surface area contributed by atoms with E-state index in [1.165, 1.54) is 5.56 Å². The molecule has 164 valence electrons. The molecule has 1 amide bonds. The number of nitrogens with zero attached hydrogens (tertiary/aromatic N) is 6. The van der Waals surface area contributed by atoms with Gasteiger partial charge in [-0.1, -0.05) is 17.7 Å². The normalized spacial score (nSPS) is 14.3. The third-order valence-corrected chi connectivity index (χ3v) is 5.90. The van der Waals surface area contributed by atoms with Gasteiger partial charge < -0.3 is 15.1 Å². The van der Waals surface area contributed by atoms with Crippen molar-refractivity contribution >= 4 is 22.6 Å².